The second-order valence-corrected chi connectivity index (χ2v) is 4.72. The quantitative estimate of drug-likeness (QED) is 0.808. The Morgan fingerprint density at radius 1 is 1.28 bits per heavy atom. The molecule has 0 aromatic heterocycles. The fraction of sp³-hybridized carbons (Fsp3) is 0.571. The average molecular weight is 250 g/mol. The summed E-state index contributed by atoms with van der Waals surface area (Å²) in [5.41, 5.74) is 1.06. The van der Waals surface area contributed by atoms with Crippen molar-refractivity contribution >= 4 is 0 Å². The van der Waals surface area contributed by atoms with E-state index in [1.54, 1.807) is 14.2 Å². The minimum absolute atomic E-state index is 0.0224. The number of rotatable bonds is 2. The highest BCUT2D eigenvalue weighted by Crippen LogP contribution is 2.45. The molecular formula is C14H18O4. The van der Waals surface area contributed by atoms with Gasteiger partial charge in [-0.1, -0.05) is 0 Å². The molecule has 0 saturated carbocycles. The lowest BCUT2D eigenvalue weighted by atomic mass is 9.87. The molecule has 1 fully saturated rings. The van der Waals surface area contributed by atoms with Gasteiger partial charge in [0, 0.05) is 12.7 Å². The summed E-state index contributed by atoms with van der Waals surface area (Å²) in [4.78, 5) is 0. The molecule has 98 valence electrons. The van der Waals surface area contributed by atoms with Crippen molar-refractivity contribution in [3.8, 4) is 11.5 Å². The molecule has 0 radical (unpaired) electrons. The molecular weight excluding hydrogens is 232 g/mol. The molecule has 1 aromatic carbocycles. The van der Waals surface area contributed by atoms with Crippen molar-refractivity contribution in [2.75, 3.05) is 20.8 Å². The van der Waals surface area contributed by atoms with E-state index in [0.717, 1.165) is 36.5 Å². The first-order valence-corrected chi connectivity index (χ1v) is 6.32. The Bertz CT molecular complexity index is 432. The fourth-order valence-corrected chi connectivity index (χ4v) is 2.83. The zero-order valence-corrected chi connectivity index (χ0v) is 10.7. The highest BCUT2D eigenvalue weighted by molar-refractivity contribution is 5.43. The van der Waals surface area contributed by atoms with Crippen LogP contribution in [0.25, 0.3) is 0 Å². The molecule has 4 heteroatoms. The first kappa shape index (κ1) is 11.8. The number of fused-ring (bicyclic) bond motifs is 2. The highest BCUT2D eigenvalue weighted by Gasteiger charge is 2.41. The lowest BCUT2D eigenvalue weighted by molar-refractivity contribution is -0.185. The van der Waals surface area contributed by atoms with Gasteiger partial charge in [-0.2, -0.15) is 0 Å². The number of ether oxygens (including phenoxy) is 4. The third-order valence-corrected chi connectivity index (χ3v) is 3.72. The van der Waals surface area contributed by atoms with Gasteiger partial charge in [0.2, 0.25) is 6.29 Å². The summed E-state index contributed by atoms with van der Waals surface area (Å²) in [6.45, 7) is 0.767. The van der Waals surface area contributed by atoms with E-state index in [1.165, 1.54) is 0 Å². The summed E-state index contributed by atoms with van der Waals surface area (Å²) in [6, 6.07) is 5.82. The van der Waals surface area contributed by atoms with Crippen LogP contribution in [-0.4, -0.2) is 27.1 Å². The lowest BCUT2D eigenvalue weighted by Gasteiger charge is -2.41. The van der Waals surface area contributed by atoms with Gasteiger partial charge in [-0.05, 0) is 31.0 Å². The largest absolute Gasteiger partial charge is 0.497 e. The van der Waals surface area contributed by atoms with Gasteiger partial charge in [-0.25, -0.2) is 0 Å². The first-order valence-electron chi connectivity index (χ1n) is 6.32. The Labute approximate surface area is 107 Å². The van der Waals surface area contributed by atoms with E-state index in [1.807, 2.05) is 18.2 Å². The van der Waals surface area contributed by atoms with Gasteiger partial charge < -0.3 is 18.9 Å². The van der Waals surface area contributed by atoms with Gasteiger partial charge in [-0.3, -0.25) is 0 Å². The van der Waals surface area contributed by atoms with E-state index in [4.69, 9.17) is 18.9 Å². The number of hydrogen-bond acceptors (Lipinski definition) is 4. The van der Waals surface area contributed by atoms with Gasteiger partial charge >= 0.3 is 0 Å². The maximum Gasteiger partial charge on any atom is 0.205 e. The number of benzene rings is 1. The monoisotopic (exact) mass is 250 g/mol. The second-order valence-electron chi connectivity index (χ2n) is 4.72. The standard InChI is InChI=1S/C14H18O4/c1-15-9-5-6-12-11(8-9)13(16-2)10-4-3-7-17-14(10)18-12/h5-6,8,10,13-14H,3-4,7H2,1-2H3/t10-,13+,14+/m1/s1. The van der Waals surface area contributed by atoms with E-state index in [0.29, 0.717) is 0 Å². The Balaban J connectivity index is 1.99. The summed E-state index contributed by atoms with van der Waals surface area (Å²) < 4.78 is 22.5. The van der Waals surface area contributed by atoms with Gasteiger partial charge in [0.05, 0.1) is 25.7 Å². The predicted molar refractivity (Wildman–Crippen MR) is 65.8 cm³/mol. The van der Waals surface area contributed by atoms with E-state index in [9.17, 15) is 0 Å². The Kier molecular flexibility index (Phi) is 3.14. The maximum atomic E-state index is 5.91. The topological polar surface area (TPSA) is 36.9 Å². The molecule has 0 bridgehead atoms. The van der Waals surface area contributed by atoms with Gasteiger partial charge in [0.25, 0.3) is 0 Å². The van der Waals surface area contributed by atoms with Crippen molar-refractivity contribution in [2.24, 2.45) is 5.92 Å². The number of hydrogen-bond donors (Lipinski definition) is 0. The van der Waals surface area contributed by atoms with E-state index in [-0.39, 0.29) is 18.3 Å². The predicted octanol–water partition coefficient (Wildman–Crippen LogP) is 2.53. The Hall–Kier alpha value is -1.26. The van der Waals surface area contributed by atoms with Crippen LogP contribution in [0.15, 0.2) is 18.2 Å². The molecule has 0 amide bonds. The summed E-state index contributed by atoms with van der Waals surface area (Å²) >= 11 is 0. The summed E-state index contributed by atoms with van der Waals surface area (Å²) in [7, 11) is 3.41. The van der Waals surface area contributed by atoms with Crippen LogP contribution in [0, 0.1) is 5.92 Å². The van der Waals surface area contributed by atoms with Crippen molar-refractivity contribution < 1.29 is 18.9 Å². The zero-order chi connectivity index (χ0) is 12.5. The Morgan fingerprint density at radius 2 is 2.17 bits per heavy atom. The molecule has 3 rings (SSSR count). The molecule has 0 N–H and O–H groups in total. The van der Waals surface area contributed by atoms with Crippen molar-refractivity contribution in [1.29, 1.82) is 0 Å². The third-order valence-electron chi connectivity index (χ3n) is 3.72. The molecule has 4 nitrogen and oxygen atoms in total. The van der Waals surface area contributed by atoms with Gasteiger partial charge in [0.1, 0.15) is 11.5 Å². The van der Waals surface area contributed by atoms with E-state index >= 15 is 0 Å². The Morgan fingerprint density at radius 3 is 2.94 bits per heavy atom. The summed E-state index contributed by atoms with van der Waals surface area (Å²) in [5, 5.41) is 0. The number of methoxy groups -OCH3 is 2. The molecule has 2 heterocycles. The minimum atomic E-state index is -0.176. The molecule has 0 spiro atoms. The molecule has 2 aliphatic heterocycles. The van der Waals surface area contributed by atoms with Crippen LogP contribution < -0.4 is 9.47 Å². The van der Waals surface area contributed by atoms with Crippen LogP contribution >= 0.6 is 0 Å². The average Bonchev–Trinajstić information content (AvgIpc) is 2.44. The molecule has 2 aliphatic rings. The molecule has 1 saturated heterocycles. The fourth-order valence-electron chi connectivity index (χ4n) is 2.83. The van der Waals surface area contributed by atoms with Crippen LogP contribution in [0.5, 0.6) is 11.5 Å². The molecule has 3 atom stereocenters. The normalized spacial score (nSPS) is 30.0. The van der Waals surface area contributed by atoms with Crippen LogP contribution in [0.1, 0.15) is 24.5 Å². The summed E-state index contributed by atoms with van der Waals surface area (Å²) in [5.74, 6) is 1.93. The van der Waals surface area contributed by atoms with Crippen molar-refractivity contribution in [3.63, 3.8) is 0 Å². The van der Waals surface area contributed by atoms with Crippen LogP contribution in [-0.2, 0) is 9.47 Å². The SMILES string of the molecule is COc1ccc2c(c1)[C@@H](OC)[C@H]1CCCO[C@H]1O2. The highest BCUT2D eigenvalue weighted by atomic mass is 16.7. The first-order chi connectivity index (χ1) is 8.83. The summed E-state index contributed by atoms with van der Waals surface area (Å²) in [6.07, 6.45) is 1.97. The molecule has 0 aliphatic carbocycles. The van der Waals surface area contributed by atoms with Crippen molar-refractivity contribution in [3.05, 3.63) is 23.8 Å². The molecule has 18 heavy (non-hydrogen) atoms. The van der Waals surface area contributed by atoms with Gasteiger partial charge in [0.15, 0.2) is 0 Å². The van der Waals surface area contributed by atoms with E-state index < -0.39 is 0 Å². The molecule has 1 aromatic rings. The minimum Gasteiger partial charge on any atom is -0.497 e. The van der Waals surface area contributed by atoms with Crippen LogP contribution in [0.4, 0.5) is 0 Å². The lowest BCUT2D eigenvalue weighted by Crippen LogP contribution is -2.41. The molecule has 0 unspecified atom stereocenters. The van der Waals surface area contributed by atoms with Crippen LogP contribution in [0.3, 0.4) is 0 Å². The maximum absolute atomic E-state index is 5.91. The van der Waals surface area contributed by atoms with Crippen molar-refractivity contribution in [1.82, 2.24) is 0 Å². The second kappa shape index (κ2) is 4.78. The van der Waals surface area contributed by atoms with Crippen molar-refractivity contribution in [2.45, 2.75) is 25.2 Å². The smallest absolute Gasteiger partial charge is 0.205 e. The zero-order valence-electron chi connectivity index (χ0n) is 10.7. The van der Waals surface area contributed by atoms with Gasteiger partial charge in [-0.15, -0.1) is 0 Å². The van der Waals surface area contributed by atoms with Crippen LogP contribution in [0.2, 0.25) is 0 Å². The van der Waals surface area contributed by atoms with E-state index in [2.05, 4.69) is 0 Å². The third kappa shape index (κ3) is 1.85.